The Morgan fingerprint density at radius 1 is 0.897 bits per heavy atom. The van der Waals surface area contributed by atoms with Crippen molar-refractivity contribution in [2.75, 3.05) is 27.2 Å². The standard InChI is InChI=1S/C24H22N2O2.ClH/c1-26(2)13-14-28-19-10-11-20-21(15-19)24(27)23(18-9-6-12-25-16-18)22(20)17-7-4-3-5-8-17;/h3-12,15-16H,13-14H2,1-2H3;1H. The summed E-state index contributed by atoms with van der Waals surface area (Å²) < 4.78 is 5.85. The SMILES string of the molecule is CN(C)CCOc1ccc2c(c1)C(=O)C(c1cccnc1)=C2c1ccccc1.Cl. The molecule has 0 saturated heterocycles. The summed E-state index contributed by atoms with van der Waals surface area (Å²) in [5.41, 5.74) is 5.12. The van der Waals surface area contributed by atoms with Crippen LogP contribution in [0.1, 0.15) is 27.0 Å². The van der Waals surface area contributed by atoms with E-state index < -0.39 is 0 Å². The number of fused-ring (bicyclic) bond motifs is 1. The first-order chi connectivity index (χ1) is 13.6. The number of hydrogen-bond acceptors (Lipinski definition) is 4. The lowest BCUT2D eigenvalue weighted by Gasteiger charge is -2.12. The predicted octanol–water partition coefficient (Wildman–Crippen LogP) is 4.60. The zero-order chi connectivity index (χ0) is 19.5. The molecule has 2 aromatic carbocycles. The van der Waals surface area contributed by atoms with Gasteiger partial charge in [-0.05, 0) is 49.5 Å². The Hall–Kier alpha value is -2.95. The molecule has 0 atom stereocenters. The molecule has 1 heterocycles. The summed E-state index contributed by atoms with van der Waals surface area (Å²) in [4.78, 5) is 19.6. The third-order valence-corrected chi connectivity index (χ3v) is 4.80. The lowest BCUT2D eigenvalue weighted by molar-refractivity contribution is 0.105. The molecule has 4 nitrogen and oxygen atoms in total. The summed E-state index contributed by atoms with van der Waals surface area (Å²) in [5.74, 6) is 0.730. The Morgan fingerprint density at radius 3 is 2.34 bits per heavy atom. The van der Waals surface area contributed by atoms with Crippen molar-refractivity contribution in [2.24, 2.45) is 0 Å². The van der Waals surface area contributed by atoms with Crippen LogP contribution in [0.2, 0.25) is 0 Å². The van der Waals surface area contributed by atoms with Crippen LogP contribution in [0.15, 0.2) is 73.1 Å². The molecule has 1 aliphatic carbocycles. The molecule has 1 aromatic heterocycles. The fraction of sp³-hybridized carbons (Fsp3) is 0.167. The maximum Gasteiger partial charge on any atom is 0.195 e. The van der Waals surface area contributed by atoms with E-state index in [2.05, 4.69) is 9.88 Å². The number of aromatic nitrogens is 1. The summed E-state index contributed by atoms with van der Waals surface area (Å²) in [6.07, 6.45) is 3.46. The molecule has 0 spiro atoms. The van der Waals surface area contributed by atoms with Gasteiger partial charge in [0.05, 0.1) is 0 Å². The summed E-state index contributed by atoms with van der Waals surface area (Å²) in [6, 6.07) is 19.6. The summed E-state index contributed by atoms with van der Waals surface area (Å²) in [6.45, 7) is 1.40. The highest BCUT2D eigenvalue weighted by Gasteiger charge is 2.31. The zero-order valence-electron chi connectivity index (χ0n) is 16.5. The Morgan fingerprint density at radius 2 is 1.66 bits per heavy atom. The number of rotatable bonds is 6. The number of halogens is 1. The fourth-order valence-electron chi connectivity index (χ4n) is 3.44. The average Bonchev–Trinajstić information content (AvgIpc) is 3.01. The molecular weight excluding hydrogens is 384 g/mol. The second kappa shape index (κ2) is 9.03. The van der Waals surface area contributed by atoms with Gasteiger partial charge in [0, 0.05) is 41.2 Å². The maximum atomic E-state index is 13.4. The number of nitrogens with zero attached hydrogens (tertiary/aromatic N) is 2. The van der Waals surface area contributed by atoms with Gasteiger partial charge in [0.1, 0.15) is 12.4 Å². The van der Waals surface area contributed by atoms with E-state index in [0.717, 1.165) is 28.8 Å². The summed E-state index contributed by atoms with van der Waals surface area (Å²) in [7, 11) is 4.01. The van der Waals surface area contributed by atoms with Crippen molar-refractivity contribution in [3.8, 4) is 5.75 Å². The quantitative estimate of drug-likeness (QED) is 0.600. The van der Waals surface area contributed by atoms with Crippen molar-refractivity contribution < 1.29 is 9.53 Å². The van der Waals surface area contributed by atoms with E-state index >= 15 is 0 Å². The third-order valence-electron chi connectivity index (χ3n) is 4.80. The largest absolute Gasteiger partial charge is 0.492 e. The van der Waals surface area contributed by atoms with Gasteiger partial charge in [0.15, 0.2) is 5.78 Å². The first kappa shape index (κ1) is 20.8. The highest BCUT2D eigenvalue weighted by molar-refractivity contribution is 6.41. The minimum absolute atomic E-state index is 0. The molecule has 4 rings (SSSR count). The Balaban J connectivity index is 0.00000240. The van der Waals surface area contributed by atoms with Crippen molar-refractivity contribution in [1.29, 1.82) is 0 Å². The van der Waals surface area contributed by atoms with Crippen LogP contribution >= 0.6 is 12.4 Å². The first-order valence-corrected chi connectivity index (χ1v) is 9.32. The monoisotopic (exact) mass is 406 g/mol. The van der Waals surface area contributed by atoms with Gasteiger partial charge in [0.2, 0.25) is 0 Å². The Labute approximate surface area is 177 Å². The van der Waals surface area contributed by atoms with E-state index in [1.165, 1.54) is 0 Å². The number of pyridine rings is 1. The number of ether oxygens (including phenoxy) is 1. The van der Waals surface area contributed by atoms with Crippen molar-refractivity contribution in [2.45, 2.75) is 0 Å². The number of Topliss-reactive ketones (excluding diaryl/α,β-unsaturated/α-hetero) is 1. The number of hydrogen-bond donors (Lipinski definition) is 0. The second-order valence-corrected chi connectivity index (χ2v) is 7.05. The Kier molecular flexibility index (Phi) is 6.47. The van der Waals surface area contributed by atoms with Crippen LogP contribution in [0.25, 0.3) is 11.1 Å². The van der Waals surface area contributed by atoms with E-state index in [0.29, 0.717) is 23.5 Å². The van der Waals surface area contributed by atoms with Crippen molar-refractivity contribution in [3.63, 3.8) is 0 Å². The molecule has 0 bridgehead atoms. The molecule has 0 fully saturated rings. The molecule has 0 unspecified atom stereocenters. The molecular formula is C24H23ClN2O2. The summed E-state index contributed by atoms with van der Waals surface area (Å²) in [5, 5.41) is 0. The highest BCUT2D eigenvalue weighted by atomic mass is 35.5. The molecule has 29 heavy (non-hydrogen) atoms. The maximum absolute atomic E-state index is 13.4. The van der Waals surface area contributed by atoms with Crippen LogP contribution in [-0.2, 0) is 0 Å². The molecule has 0 aliphatic heterocycles. The first-order valence-electron chi connectivity index (χ1n) is 9.32. The summed E-state index contributed by atoms with van der Waals surface area (Å²) >= 11 is 0. The van der Waals surface area contributed by atoms with Crippen LogP contribution in [0, 0.1) is 0 Å². The van der Waals surface area contributed by atoms with E-state index in [1.54, 1.807) is 12.4 Å². The van der Waals surface area contributed by atoms with Crippen LogP contribution in [0.4, 0.5) is 0 Å². The van der Waals surface area contributed by atoms with Gasteiger partial charge in [-0.3, -0.25) is 9.78 Å². The van der Waals surface area contributed by atoms with Crippen molar-refractivity contribution in [1.82, 2.24) is 9.88 Å². The van der Waals surface area contributed by atoms with Crippen LogP contribution in [0.3, 0.4) is 0 Å². The smallest absolute Gasteiger partial charge is 0.195 e. The highest BCUT2D eigenvalue weighted by Crippen LogP contribution is 2.43. The van der Waals surface area contributed by atoms with Gasteiger partial charge >= 0.3 is 0 Å². The molecule has 0 saturated carbocycles. The molecule has 0 N–H and O–H groups in total. The van der Waals surface area contributed by atoms with Gasteiger partial charge in [-0.15, -0.1) is 12.4 Å². The van der Waals surface area contributed by atoms with E-state index in [4.69, 9.17) is 4.74 Å². The lowest BCUT2D eigenvalue weighted by atomic mass is 9.95. The second-order valence-electron chi connectivity index (χ2n) is 7.05. The van der Waals surface area contributed by atoms with Gasteiger partial charge in [-0.1, -0.05) is 36.4 Å². The molecule has 148 valence electrons. The topological polar surface area (TPSA) is 42.4 Å². The van der Waals surface area contributed by atoms with Crippen LogP contribution < -0.4 is 4.74 Å². The van der Waals surface area contributed by atoms with Gasteiger partial charge in [-0.25, -0.2) is 0 Å². The number of carbonyl (C=O) groups excluding carboxylic acids is 1. The van der Waals surface area contributed by atoms with Crippen LogP contribution in [0.5, 0.6) is 5.75 Å². The lowest BCUT2D eigenvalue weighted by Crippen LogP contribution is -2.19. The third kappa shape index (κ3) is 4.24. The normalized spacial score (nSPS) is 12.7. The number of likely N-dealkylation sites (N-methyl/N-ethyl adjacent to an activating group) is 1. The predicted molar refractivity (Wildman–Crippen MR) is 119 cm³/mol. The van der Waals surface area contributed by atoms with E-state index in [9.17, 15) is 4.79 Å². The average molecular weight is 407 g/mol. The van der Waals surface area contributed by atoms with Gasteiger partial charge in [-0.2, -0.15) is 0 Å². The number of benzene rings is 2. The number of carbonyl (C=O) groups is 1. The minimum atomic E-state index is 0. The zero-order valence-corrected chi connectivity index (χ0v) is 17.3. The van der Waals surface area contributed by atoms with E-state index in [1.807, 2.05) is 74.8 Å². The van der Waals surface area contributed by atoms with Crippen molar-refractivity contribution >= 4 is 29.3 Å². The molecule has 0 amide bonds. The van der Waals surface area contributed by atoms with Gasteiger partial charge in [0.25, 0.3) is 0 Å². The number of ketones is 1. The molecule has 5 heteroatoms. The molecule has 1 aliphatic rings. The fourth-order valence-corrected chi connectivity index (χ4v) is 3.44. The number of allylic oxidation sites excluding steroid dienone is 1. The Bertz CT molecular complexity index is 1030. The van der Waals surface area contributed by atoms with Gasteiger partial charge < -0.3 is 9.64 Å². The van der Waals surface area contributed by atoms with E-state index in [-0.39, 0.29) is 18.2 Å². The van der Waals surface area contributed by atoms with Crippen molar-refractivity contribution in [3.05, 3.63) is 95.3 Å². The van der Waals surface area contributed by atoms with Crippen LogP contribution in [-0.4, -0.2) is 42.9 Å². The molecule has 0 radical (unpaired) electrons. The molecule has 3 aromatic rings. The minimum Gasteiger partial charge on any atom is -0.492 e.